The van der Waals surface area contributed by atoms with E-state index < -0.39 is 11.8 Å². The molecule has 3 aromatic heterocycles. The van der Waals surface area contributed by atoms with Crippen LogP contribution in [-0.2, 0) is 0 Å². The molecule has 0 fully saturated rings. The average Bonchev–Trinajstić information content (AvgIpc) is 3.26. The van der Waals surface area contributed by atoms with Crippen LogP contribution in [0.3, 0.4) is 0 Å². The van der Waals surface area contributed by atoms with Gasteiger partial charge in [-0.05, 0) is 35.7 Å². The number of nitrogens with zero attached hydrogens (tertiary/aromatic N) is 2. The molecule has 1 aromatic carbocycles. The standard InChI is InChI=1S/C20H14N4O2S/c25-19(23-24-20(26)16-8-3-4-10-21-16)14-12-17(18-9-5-11-27-18)22-15-7-2-1-6-13(14)15/h1-12H,(H,23,25)(H,24,26). The molecule has 0 saturated heterocycles. The molecular weight excluding hydrogens is 360 g/mol. The van der Waals surface area contributed by atoms with Crippen LogP contribution in [0.15, 0.2) is 72.2 Å². The van der Waals surface area contributed by atoms with Crippen molar-refractivity contribution in [1.82, 2.24) is 20.8 Å². The van der Waals surface area contributed by atoms with E-state index in [1.807, 2.05) is 41.8 Å². The topological polar surface area (TPSA) is 84.0 Å². The highest BCUT2D eigenvalue weighted by Gasteiger charge is 2.15. The average molecular weight is 374 g/mol. The number of thiophene rings is 1. The number of hydrogen-bond donors (Lipinski definition) is 2. The molecular formula is C20H14N4O2S. The minimum Gasteiger partial charge on any atom is -0.267 e. The van der Waals surface area contributed by atoms with Crippen molar-refractivity contribution in [2.75, 3.05) is 0 Å². The fourth-order valence-electron chi connectivity index (χ4n) is 2.66. The van der Waals surface area contributed by atoms with E-state index in [1.165, 1.54) is 6.20 Å². The maximum atomic E-state index is 12.7. The summed E-state index contributed by atoms with van der Waals surface area (Å²) in [5, 5.41) is 2.67. The predicted octanol–water partition coefficient (Wildman–Crippen LogP) is 3.43. The predicted molar refractivity (Wildman–Crippen MR) is 104 cm³/mol. The van der Waals surface area contributed by atoms with Crippen LogP contribution in [-0.4, -0.2) is 21.8 Å². The van der Waals surface area contributed by atoms with Crippen molar-refractivity contribution in [2.24, 2.45) is 0 Å². The molecule has 0 aliphatic carbocycles. The van der Waals surface area contributed by atoms with Gasteiger partial charge in [0.15, 0.2) is 0 Å². The number of aromatic nitrogens is 2. The van der Waals surface area contributed by atoms with Crippen molar-refractivity contribution in [3.8, 4) is 10.6 Å². The minimum absolute atomic E-state index is 0.219. The van der Waals surface area contributed by atoms with Crippen molar-refractivity contribution in [1.29, 1.82) is 0 Å². The highest BCUT2D eigenvalue weighted by Crippen LogP contribution is 2.27. The van der Waals surface area contributed by atoms with E-state index in [4.69, 9.17) is 0 Å². The molecule has 3 heterocycles. The Labute approximate surface area is 158 Å². The maximum absolute atomic E-state index is 12.7. The zero-order valence-corrected chi connectivity index (χ0v) is 14.9. The molecule has 0 saturated carbocycles. The fourth-order valence-corrected chi connectivity index (χ4v) is 3.34. The van der Waals surface area contributed by atoms with Crippen LogP contribution < -0.4 is 10.9 Å². The van der Waals surface area contributed by atoms with Gasteiger partial charge in [-0.2, -0.15) is 0 Å². The van der Waals surface area contributed by atoms with Crippen molar-refractivity contribution >= 4 is 34.1 Å². The quantitative estimate of drug-likeness (QED) is 0.538. The summed E-state index contributed by atoms with van der Waals surface area (Å²) in [6.45, 7) is 0. The first-order chi connectivity index (χ1) is 13.2. The van der Waals surface area contributed by atoms with Crippen LogP contribution in [0, 0.1) is 0 Å². The molecule has 0 atom stereocenters. The van der Waals surface area contributed by atoms with Crippen LogP contribution in [0.1, 0.15) is 20.8 Å². The molecule has 27 heavy (non-hydrogen) atoms. The molecule has 4 rings (SSSR count). The lowest BCUT2D eigenvalue weighted by Crippen LogP contribution is -2.42. The monoisotopic (exact) mass is 374 g/mol. The van der Waals surface area contributed by atoms with Gasteiger partial charge < -0.3 is 0 Å². The Hall–Kier alpha value is -3.58. The van der Waals surface area contributed by atoms with Crippen molar-refractivity contribution in [2.45, 2.75) is 0 Å². The van der Waals surface area contributed by atoms with E-state index >= 15 is 0 Å². The lowest BCUT2D eigenvalue weighted by Gasteiger charge is -2.10. The molecule has 0 spiro atoms. The summed E-state index contributed by atoms with van der Waals surface area (Å²) in [5.74, 6) is -0.906. The van der Waals surface area contributed by atoms with Crippen LogP contribution in [0.25, 0.3) is 21.5 Å². The molecule has 7 heteroatoms. The van der Waals surface area contributed by atoms with Gasteiger partial charge in [0.1, 0.15) is 5.69 Å². The molecule has 132 valence electrons. The first kappa shape index (κ1) is 16.9. The number of para-hydroxylation sites is 1. The van der Waals surface area contributed by atoms with Gasteiger partial charge in [-0.25, -0.2) is 4.98 Å². The Morgan fingerprint density at radius 3 is 2.48 bits per heavy atom. The summed E-state index contributed by atoms with van der Waals surface area (Å²) in [7, 11) is 0. The SMILES string of the molecule is O=C(NNC(=O)c1cc(-c2cccs2)nc2ccccc12)c1ccccn1. The van der Waals surface area contributed by atoms with E-state index in [0.29, 0.717) is 22.2 Å². The zero-order valence-electron chi connectivity index (χ0n) is 14.0. The van der Waals surface area contributed by atoms with Gasteiger partial charge in [0.05, 0.1) is 21.7 Å². The van der Waals surface area contributed by atoms with Crippen LogP contribution in [0.2, 0.25) is 0 Å². The number of fused-ring (bicyclic) bond motifs is 1. The van der Waals surface area contributed by atoms with Crippen molar-refractivity contribution < 1.29 is 9.59 Å². The molecule has 6 nitrogen and oxygen atoms in total. The second kappa shape index (κ2) is 7.35. The number of hydrazine groups is 1. The summed E-state index contributed by atoms with van der Waals surface area (Å²) in [6, 6.07) is 18.0. The van der Waals surface area contributed by atoms with Gasteiger partial charge in [-0.15, -0.1) is 11.3 Å². The highest BCUT2D eigenvalue weighted by atomic mass is 32.1. The van der Waals surface area contributed by atoms with Crippen LogP contribution in [0.5, 0.6) is 0 Å². The molecule has 2 N–H and O–H groups in total. The fraction of sp³-hybridized carbons (Fsp3) is 0. The molecule has 0 radical (unpaired) electrons. The number of carbonyl (C=O) groups excluding carboxylic acids is 2. The first-order valence-electron chi connectivity index (χ1n) is 8.18. The molecule has 0 bridgehead atoms. The smallest absolute Gasteiger partial charge is 0.267 e. The summed E-state index contributed by atoms with van der Waals surface area (Å²) >= 11 is 1.55. The third kappa shape index (κ3) is 3.54. The summed E-state index contributed by atoms with van der Waals surface area (Å²) < 4.78 is 0. The van der Waals surface area contributed by atoms with Gasteiger partial charge in [0.2, 0.25) is 0 Å². The van der Waals surface area contributed by atoms with Gasteiger partial charge in [-0.3, -0.25) is 25.4 Å². The second-order valence-electron chi connectivity index (χ2n) is 5.67. The summed E-state index contributed by atoms with van der Waals surface area (Å²) in [4.78, 5) is 34.4. The third-order valence-electron chi connectivity index (χ3n) is 3.92. The van der Waals surface area contributed by atoms with Gasteiger partial charge >= 0.3 is 0 Å². The number of pyridine rings is 2. The number of carbonyl (C=O) groups is 2. The lowest BCUT2D eigenvalue weighted by molar-refractivity contribution is 0.0845. The van der Waals surface area contributed by atoms with Gasteiger partial charge in [0.25, 0.3) is 11.8 Å². The van der Waals surface area contributed by atoms with Crippen LogP contribution in [0.4, 0.5) is 0 Å². The number of nitrogens with one attached hydrogen (secondary N) is 2. The highest BCUT2D eigenvalue weighted by molar-refractivity contribution is 7.13. The van der Waals surface area contributed by atoms with E-state index in [9.17, 15) is 9.59 Å². The van der Waals surface area contributed by atoms with E-state index in [0.717, 1.165) is 4.88 Å². The molecule has 2 amide bonds. The van der Waals surface area contributed by atoms with E-state index in [2.05, 4.69) is 20.8 Å². The number of amides is 2. The Bertz CT molecular complexity index is 1110. The maximum Gasteiger partial charge on any atom is 0.288 e. The number of hydrogen-bond acceptors (Lipinski definition) is 5. The molecule has 4 aromatic rings. The Balaban J connectivity index is 1.64. The molecule has 0 aliphatic rings. The minimum atomic E-state index is -0.485. The van der Waals surface area contributed by atoms with Crippen LogP contribution >= 0.6 is 11.3 Å². The molecule has 0 unspecified atom stereocenters. The van der Waals surface area contributed by atoms with Crippen molar-refractivity contribution in [3.05, 3.63) is 83.5 Å². The third-order valence-corrected chi connectivity index (χ3v) is 4.81. The lowest BCUT2D eigenvalue weighted by atomic mass is 10.1. The Kier molecular flexibility index (Phi) is 4.59. The summed E-state index contributed by atoms with van der Waals surface area (Å²) in [6.07, 6.45) is 1.51. The van der Waals surface area contributed by atoms with E-state index in [1.54, 1.807) is 35.6 Å². The molecule has 0 aliphatic heterocycles. The van der Waals surface area contributed by atoms with Gasteiger partial charge in [-0.1, -0.05) is 30.3 Å². The summed E-state index contributed by atoms with van der Waals surface area (Å²) in [5.41, 5.74) is 6.94. The zero-order chi connectivity index (χ0) is 18.6. The first-order valence-corrected chi connectivity index (χ1v) is 9.06. The number of rotatable bonds is 3. The normalized spacial score (nSPS) is 10.5. The Morgan fingerprint density at radius 2 is 1.70 bits per heavy atom. The van der Waals surface area contributed by atoms with Crippen molar-refractivity contribution in [3.63, 3.8) is 0 Å². The Morgan fingerprint density at radius 1 is 0.889 bits per heavy atom. The van der Waals surface area contributed by atoms with Gasteiger partial charge in [0, 0.05) is 11.6 Å². The largest absolute Gasteiger partial charge is 0.288 e. The number of benzene rings is 1. The van der Waals surface area contributed by atoms with E-state index in [-0.39, 0.29) is 5.69 Å². The second-order valence-corrected chi connectivity index (χ2v) is 6.62.